The van der Waals surface area contributed by atoms with E-state index in [1.54, 1.807) is 0 Å². The van der Waals surface area contributed by atoms with Crippen LogP contribution >= 0.6 is 11.3 Å². The van der Waals surface area contributed by atoms with E-state index in [1.165, 1.54) is 36.9 Å². The number of ketones is 1. The lowest BCUT2D eigenvalue weighted by Gasteiger charge is -2.26. The molecule has 1 atom stereocenters. The summed E-state index contributed by atoms with van der Waals surface area (Å²) in [5, 5.41) is 2.90. The van der Waals surface area contributed by atoms with Gasteiger partial charge < -0.3 is 20.5 Å². The van der Waals surface area contributed by atoms with Crippen LogP contribution < -0.4 is 11.1 Å². The van der Waals surface area contributed by atoms with Crippen LogP contribution in [0.15, 0.2) is 30.7 Å². The second-order valence-corrected chi connectivity index (χ2v) is 8.44. The number of nitrogens with two attached hydrogens (primary N) is 1. The molecule has 2 aliphatic rings. The Labute approximate surface area is 175 Å². The van der Waals surface area contributed by atoms with E-state index in [0.717, 1.165) is 17.0 Å². The Morgan fingerprint density at radius 1 is 1.13 bits per heavy atom. The van der Waals surface area contributed by atoms with Crippen molar-refractivity contribution in [2.75, 3.05) is 5.32 Å². The number of hydrogen-bond acceptors (Lipinski definition) is 6. The molecule has 0 fully saturated rings. The van der Waals surface area contributed by atoms with E-state index in [1.807, 2.05) is 0 Å². The molecule has 4 rings (SSSR count). The number of aryl methyl sites for hydroxylation is 1. The molecule has 1 aliphatic heterocycles. The maximum Gasteiger partial charge on any atom is 0.250 e. The van der Waals surface area contributed by atoms with Gasteiger partial charge in [-0.1, -0.05) is 6.07 Å². The Balaban J connectivity index is 1.78. The molecule has 2 heterocycles. The summed E-state index contributed by atoms with van der Waals surface area (Å²) in [7, 11) is 0. The zero-order valence-corrected chi connectivity index (χ0v) is 17.0. The standard InChI is InChI=1S/C21H20F2N2O4S/c1-11(24)19(27)25-20-16(18(26)17-13(22)3-2-4-14(17)23)12-5-7-21(28-9-10-29-21)8-6-15(12)30-20/h2-4,9-11H,5-8,24H2,1H3,(H,25,27)/t11-/m0/s1. The van der Waals surface area contributed by atoms with Gasteiger partial charge in [0.1, 0.15) is 29.2 Å². The summed E-state index contributed by atoms with van der Waals surface area (Å²) in [5.74, 6) is -4.03. The fourth-order valence-electron chi connectivity index (χ4n) is 3.68. The number of anilines is 1. The van der Waals surface area contributed by atoms with Gasteiger partial charge >= 0.3 is 0 Å². The second-order valence-electron chi connectivity index (χ2n) is 7.33. The summed E-state index contributed by atoms with van der Waals surface area (Å²) in [6, 6.07) is 2.44. The van der Waals surface area contributed by atoms with Gasteiger partial charge in [-0.05, 0) is 37.5 Å². The Bertz CT molecular complexity index is 1020. The fourth-order valence-corrected chi connectivity index (χ4v) is 4.93. The number of fused-ring (bicyclic) bond motifs is 1. The van der Waals surface area contributed by atoms with Crippen LogP contribution in [0.3, 0.4) is 0 Å². The summed E-state index contributed by atoms with van der Waals surface area (Å²) >= 11 is 1.21. The van der Waals surface area contributed by atoms with E-state index in [2.05, 4.69) is 5.32 Å². The molecule has 0 bridgehead atoms. The van der Waals surface area contributed by atoms with Gasteiger partial charge in [0.25, 0.3) is 0 Å². The minimum atomic E-state index is -0.957. The molecule has 6 nitrogen and oxygen atoms in total. The number of halogens is 2. The number of amides is 1. The van der Waals surface area contributed by atoms with Crippen molar-refractivity contribution in [3.05, 3.63) is 63.9 Å². The zero-order valence-electron chi connectivity index (χ0n) is 16.2. The van der Waals surface area contributed by atoms with Crippen LogP contribution in [-0.4, -0.2) is 23.5 Å². The first-order valence-corrected chi connectivity index (χ1v) is 10.3. The molecule has 0 saturated heterocycles. The monoisotopic (exact) mass is 434 g/mol. The van der Waals surface area contributed by atoms with Crippen LogP contribution in [0.25, 0.3) is 0 Å². The second kappa shape index (κ2) is 7.81. The van der Waals surface area contributed by atoms with E-state index in [4.69, 9.17) is 15.2 Å². The number of carbonyl (C=O) groups is 2. The molecular weight excluding hydrogens is 414 g/mol. The third-order valence-electron chi connectivity index (χ3n) is 5.27. The first-order valence-electron chi connectivity index (χ1n) is 9.52. The first kappa shape index (κ1) is 20.5. The zero-order chi connectivity index (χ0) is 21.5. The molecule has 30 heavy (non-hydrogen) atoms. The SMILES string of the molecule is C[C@H](N)C(=O)Nc1sc2c(c1C(=O)c1c(F)cccc1F)CCC1(CC2)OC=CO1. The summed E-state index contributed by atoms with van der Waals surface area (Å²) in [4.78, 5) is 26.3. The van der Waals surface area contributed by atoms with Crippen molar-refractivity contribution in [2.45, 2.75) is 44.4 Å². The minimum absolute atomic E-state index is 0.0935. The van der Waals surface area contributed by atoms with Gasteiger partial charge in [0, 0.05) is 17.7 Å². The summed E-state index contributed by atoms with van der Waals surface area (Å²) in [5.41, 5.74) is 5.73. The molecule has 1 spiro atoms. The van der Waals surface area contributed by atoms with Gasteiger partial charge in [-0.2, -0.15) is 0 Å². The van der Waals surface area contributed by atoms with E-state index >= 15 is 0 Å². The quantitative estimate of drug-likeness (QED) is 0.717. The summed E-state index contributed by atoms with van der Waals surface area (Å²) in [6.45, 7) is 1.51. The lowest BCUT2D eigenvalue weighted by Crippen LogP contribution is -2.32. The number of thiophene rings is 1. The van der Waals surface area contributed by atoms with E-state index < -0.39 is 40.7 Å². The average molecular weight is 434 g/mol. The van der Waals surface area contributed by atoms with Crippen LogP contribution in [0.5, 0.6) is 0 Å². The van der Waals surface area contributed by atoms with Gasteiger partial charge in [-0.3, -0.25) is 9.59 Å². The summed E-state index contributed by atoms with van der Waals surface area (Å²) < 4.78 is 40.0. The van der Waals surface area contributed by atoms with Gasteiger partial charge in [0.15, 0.2) is 0 Å². The lowest BCUT2D eigenvalue weighted by atomic mass is 9.96. The van der Waals surface area contributed by atoms with Crippen molar-refractivity contribution in [1.82, 2.24) is 0 Å². The molecular formula is C21H20F2N2O4S. The molecule has 9 heteroatoms. The van der Waals surface area contributed by atoms with Gasteiger partial charge in [0.2, 0.25) is 17.5 Å². The Kier molecular flexibility index (Phi) is 5.33. The van der Waals surface area contributed by atoms with Gasteiger partial charge in [-0.25, -0.2) is 8.78 Å². The number of hydrogen-bond donors (Lipinski definition) is 2. The molecule has 158 valence electrons. The average Bonchev–Trinajstić information content (AvgIpc) is 3.24. The lowest BCUT2D eigenvalue weighted by molar-refractivity contribution is -0.149. The number of rotatable bonds is 4. The van der Waals surface area contributed by atoms with Crippen molar-refractivity contribution >= 4 is 28.0 Å². The summed E-state index contributed by atoms with van der Waals surface area (Å²) in [6.07, 6.45) is 4.86. The van der Waals surface area contributed by atoms with Crippen molar-refractivity contribution in [1.29, 1.82) is 0 Å². The van der Waals surface area contributed by atoms with Crippen molar-refractivity contribution < 1.29 is 27.8 Å². The van der Waals surface area contributed by atoms with E-state index in [-0.39, 0.29) is 10.6 Å². The Morgan fingerprint density at radius 2 is 1.77 bits per heavy atom. The molecule has 2 aromatic rings. The third kappa shape index (κ3) is 3.59. The largest absolute Gasteiger partial charge is 0.457 e. The van der Waals surface area contributed by atoms with Crippen LogP contribution in [0.1, 0.15) is 46.1 Å². The molecule has 1 aromatic carbocycles. The molecule has 0 radical (unpaired) electrons. The fraction of sp³-hybridized carbons (Fsp3) is 0.333. The van der Waals surface area contributed by atoms with Gasteiger partial charge in [-0.15, -0.1) is 11.3 Å². The molecule has 1 aromatic heterocycles. The normalized spacial score (nSPS) is 17.6. The number of benzene rings is 1. The highest BCUT2D eigenvalue weighted by Crippen LogP contribution is 2.43. The Morgan fingerprint density at radius 3 is 2.40 bits per heavy atom. The number of nitrogens with one attached hydrogen (secondary N) is 1. The third-order valence-corrected chi connectivity index (χ3v) is 6.48. The highest BCUT2D eigenvalue weighted by molar-refractivity contribution is 7.17. The smallest absolute Gasteiger partial charge is 0.250 e. The highest BCUT2D eigenvalue weighted by Gasteiger charge is 2.40. The Hall–Kier alpha value is -2.78. The van der Waals surface area contributed by atoms with Crippen LogP contribution in [0, 0.1) is 11.6 Å². The molecule has 0 unspecified atom stereocenters. The first-order chi connectivity index (χ1) is 14.3. The predicted molar refractivity (Wildman–Crippen MR) is 107 cm³/mol. The van der Waals surface area contributed by atoms with Gasteiger partial charge in [0.05, 0.1) is 17.2 Å². The van der Waals surface area contributed by atoms with Crippen LogP contribution in [-0.2, 0) is 27.1 Å². The topological polar surface area (TPSA) is 90.7 Å². The molecule has 1 amide bonds. The van der Waals surface area contributed by atoms with Crippen LogP contribution in [0.2, 0.25) is 0 Å². The maximum atomic E-state index is 14.4. The van der Waals surface area contributed by atoms with E-state index in [9.17, 15) is 18.4 Å². The maximum absolute atomic E-state index is 14.4. The molecule has 3 N–H and O–H groups in total. The van der Waals surface area contributed by atoms with Crippen molar-refractivity contribution in [3.8, 4) is 0 Å². The highest BCUT2D eigenvalue weighted by atomic mass is 32.1. The number of ether oxygens (including phenoxy) is 2. The molecule has 0 saturated carbocycles. The number of carbonyl (C=O) groups excluding carboxylic acids is 2. The van der Waals surface area contributed by atoms with Crippen molar-refractivity contribution in [3.63, 3.8) is 0 Å². The predicted octanol–water partition coefficient (Wildman–Crippen LogP) is 3.64. The van der Waals surface area contributed by atoms with E-state index in [0.29, 0.717) is 31.2 Å². The molecule has 1 aliphatic carbocycles. The minimum Gasteiger partial charge on any atom is -0.457 e. The van der Waals surface area contributed by atoms with Crippen molar-refractivity contribution in [2.24, 2.45) is 5.73 Å². The van der Waals surface area contributed by atoms with Crippen LogP contribution in [0.4, 0.5) is 13.8 Å².